The molecule has 2 aromatic heterocycles. The molecule has 0 fully saturated rings. The summed E-state index contributed by atoms with van der Waals surface area (Å²) in [6, 6.07) is 0.0195. The molecule has 6 heteroatoms. The molecule has 0 saturated carbocycles. The van der Waals surface area contributed by atoms with E-state index in [4.69, 9.17) is 5.73 Å². The van der Waals surface area contributed by atoms with Gasteiger partial charge in [0.15, 0.2) is 5.82 Å². The molecule has 0 aliphatic heterocycles. The molecule has 1 atom stereocenters. The molecule has 2 aromatic rings. The van der Waals surface area contributed by atoms with Crippen LogP contribution in [0.15, 0.2) is 0 Å². The van der Waals surface area contributed by atoms with E-state index in [0.717, 1.165) is 22.2 Å². The lowest BCUT2D eigenvalue weighted by molar-refractivity contribution is 0.672. The number of rotatable bonds is 2. The second-order valence-electron chi connectivity index (χ2n) is 2.90. The highest BCUT2D eigenvalue weighted by Gasteiger charge is 2.12. The predicted molar refractivity (Wildman–Crippen MR) is 50.6 cm³/mol. The molecule has 2 heterocycles. The average molecular weight is 197 g/mol. The van der Waals surface area contributed by atoms with E-state index in [2.05, 4.69) is 15.3 Å². The van der Waals surface area contributed by atoms with Gasteiger partial charge in [0.2, 0.25) is 4.96 Å². The maximum Gasteiger partial charge on any atom is 0.234 e. The Kier molecular flexibility index (Phi) is 2.01. The standard InChI is InChI=1S/C7H11N5S/c1-3-5(8)6-11-12-4(2)9-10-7(12)13-6/h5H,3,8H2,1-2H3. The average Bonchev–Trinajstić information content (AvgIpc) is 2.67. The van der Waals surface area contributed by atoms with Crippen LogP contribution < -0.4 is 5.73 Å². The first-order chi connectivity index (χ1) is 6.22. The van der Waals surface area contributed by atoms with Crippen LogP contribution in [0.3, 0.4) is 0 Å². The minimum absolute atomic E-state index is 0.0195. The van der Waals surface area contributed by atoms with Crippen LogP contribution in [-0.4, -0.2) is 19.8 Å². The lowest BCUT2D eigenvalue weighted by Crippen LogP contribution is -2.08. The van der Waals surface area contributed by atoms with Gasteiger partial charge in [0.05, 0.1) is 6.04 Å². The summed E-state index contributed by atoms with van der Waals surface area (Å²) in [4.78, 5) is 0.816. The highest BCUT2D eigenvalue weighted by Crippen LogP contribution is 2.20. The van der Waals surface area contributed by atoms with E-state index >= 15 is 0 Å². The van der Waals surface area contributed by atoms with Gasteiger partial charge in [-0.1, -0.05) is 18.3 Å². The Morgan fingerprint density at radius 1 is 1.54 bits per heavy atom. The van der Waals surface area contributed by atoms with Crippen LogP contribution in [0.2, 0.25) is 0 Å². The van der Waals surface area contributed by atoms with Gasteiger partial charge >= 0.3 is 0 Å². The molecule has 0 aliphatic rings. The molecule has 5 nitrogen and oxygen atoms in total. The van der Waals surface area contributed by atoms with Crippen LogP contribution in [0, 0.1) is 6.92 Å². The Labute approximate surface area is 79.6 Å². The number of aromatic nitrogens is 4. The van der Waals surface area contributed by atoms with Crippen molar-refractivity contribution in [1.29, 1.82) is 0 Å². The summed E-state index contributed by atoms with van der Waals surface area (Å²) in [5.74, 6) is 0.806. The first kappa shape index (κ1) is 8.58. The fourth-order valence-electron chi connectivity index (χ4n) is 1.05. The number of nitrogens with two attached hydrogens (primary N) is 1. The van der Waals surface area contributed by atoms with E-state index in [1.165, 1.54) is 11.3 Å². The molecule has 13 heavy (non-hydrogen) atoms. The summed E-state index contributed by atoms with van der Waals surface area (Å²) in [7, 11) is 0. The van der Waals surface area contributed by atoms with Gasteiger partial charge in [-0.05, 0) is 13.3 Å². The molecule has 0 saturated heterocycles. The first-order valence-electron chi connectivity index (χ1n) is 4.16. The molecule has 0 bridgehead atoms. The normalized spacial score (nSPS) is 13.8. The highest BCUT2D eigenvalue weighted by atomic mass is 32.1. The predicted octanol–water partition coefficient (Wildman–Crippen LogP) is 0.904. The summed E-state index contributed by atoms with van der Waals surface area (Å²) in [5.41, 5.74) is 5.85. The van der Waals surface area contributed by atoms with Crippen LogP contribution in [0.1, 0.15) is 30.2 Å². The van der Waals surface area contributed by atoms with Gasteiger partial charge in [-0.25, -0.2) is 0 Å². The van der Waals surface area contributed by atoms with Crippen molar-refractivity contribution in [2.75, 3.05) is 0 Å². The fourth-order valence-corrected chi connectivity index (χ4v) is 2.02. The zero-order chi connectivity index (χ0) is 9.42. The van der Waals surface area contributed by atoms with Gasteiger partial charge in [0.1, 0.15) is 5.01 Å². The topological polar surface area (TPSA) is 69.1 Å². The van der Waals surface area contributed by atoms with Crippen molar-refractivity contribution < 1.29 is 0 Å². The molecule has 2 N–H and O–H groups in total. The fraction of sp³-hybridized carbons (Fsp3) is 0.571. The van der Waals surface area contributed by atoms with Gasteiger partial charge in [-0.3, -0.25) is 0 Å². The number of nitrogens with zero attached hydrogens (tertiary/aromatic N) is 4. The number of hydrogen-bond donors (Lipinski definition) is 1. The number of hydrogen-bond acceptors (Lipinski definition) is 5. The second-order valence-corrected chi connectivity index (χ2v) is 3.88. The van der Waals surface area contributed by atoms with Crippen LogP contribution in [0.5, 0.6) is 0 Å². The van der Waals surface area contributed by atoms with Gasteiger partial charge in [-0.2, -0.15) is 9.61 Å². The minimum Gasteiger partial charge on any atom is -0.322 e. The smallest absolute Gasteiger partial charge is 0.234 e. The van der Waals surface area contributed by atoms with Crippen molar-refractivity contribution in [3.8, 4) is 0 Å². The van der Waals surface area contributed by atoms with Gasteiger partial charge in [0.25, 0.3) is 0 Å². The van der Waals surface area contributed by atoms with Crippen LogP contribution in [0.25, 0.3) is 4.96 Å². The maximum absolute atomic E-state index is 5.85. The number of aryl methyl sites for hydroxylation is 1. The lowest BCUT2D eigenvalue weighted by atomic mass is 10.3. The van der Waals surface area contributed by atoms with Crippen molar-refractivity contribution in [2.45, 2.75) is 26.3 Å². The van der Waals surface area contributed by atoms with E-state index in [1.807, 2.05) is 13.8 Å². The van der Waals surface area contributed by atoms with Crippen LogP contribution in [0.4, 0.5) is 0 Å². The lowest BCUT2D eigenvalue weighted by Gasteiger charge is -2.00. The van der Waals surface area contributed by atoms with Crippen molar-refractivity contribution in [1.82, 2.24) is 19.8 Å². The monoisotopic (exact) mass is 197 g/mol. The molecule has 0 radical (unpaired) electrons. The molecular weight excluding hydrogens is 186 g/mol. The van der Waals surface area contributed by atoms with Crippen molar-refractivity contribution >= 4 is 16.3 Å². The Morgan fingerprint density at radius 3 is 2.92 bits per heavy atom. The van der Waals surface area contributed by atoms with E-state index < -0.39 is 0 Å². The summed E-state index contributed by atoms with van der Waals surface area (Å²) in [6.07, 6.45) is 0.892. The van der Waals surface area contributed by atoms with Gasteiger partial charge in [0, 0.05) is 0 Å². The Bertz CT molecular complexity index is 417. The molecule has 0 aliphatic carbocycles. The van der Waals surface area contributed by atoms with E-state index in [0.29, 0.717) is 0 Å². The third-order valence-electron chi connectivity index (χ3n) is 1.92. The molecule has 0 aromatic carbocycles. The summed E-state index contributed by atoms with van der Waals surface area (Å²) < 4.78 is 1.73. The van der Waals surface area contributed by atoms with Gasteiger partial charge in [-0.15, -0.1) is 10.2 Å². The maximum atomic E-state index is 5.85. The zero-order valence-electron chi connectivity index (χ0n) is 7.56. The molecule has 0 spiro atoms. The Hall–Kier alpha value is -1.01. The Morgan fingerprint density at radius 2 is 2.31 bits per heavy atom. The van der Waals surface area contributed by atoms with Crippen molar-refractivity contribution in [2.24, 2.45) is 5.73 Å². The molecule has 1 unspecified atom stereocenters. The molecule has 2 rings (SSSR count). The van der Waals surface area contributed by atoms with Crippen molar-refractivity contribution in [3.63, 3.8) is 0 Å². The van der Waals surface area contributed by atoms with E-state index in [1.54, 1.807) is 4.52 Å². The number of fused-ring (bicyclic) bond motifs is 1. The Balaban J connectivity index is 2.49. The van der Waals surface area contributed by atoms with Crippen molar-refractivity contribution in [3.05, 3.63) is 10.8 Å². The molecular formula is C7H11N5S. The van der Waals surface area contributed by atoms with Gasteiger partial charge < -0.3 is 5.73 Å². The van der Waals surface area contributed by atoms with Crippen LogP contribution >= 0.6 is 11.3 Å². The molecule has 0 amide bonds. The summed E-state index contributed by atoms with van der Waals surface area (Å²) >= 11 is 1.50. The SMILES string of the molecule is CCC(N)c1nn2c(C)nnc2s1. The van der Waals surface area contributed by atoms with E-state index in [9.17, 15) is 0 Å². The summed E-state index contributed by atoms with van der Waals surface area (Å²) in [5, 5.41) is 13.1. The highest BCUT2D eigenvalue weighted by molar-refractivity contribution is 7.16. The first-order valence-corrected chi connectivity index (χ1v) is 4.98. The third kappa shape index (κ3) is 1.31. The summed E-state index contributed by atoms with van der Waals surface area (Å²) in [6.45, 7) is 3.92. The second kappa shape index (κ2) is 3.04. The zero-order valence-corrected chi connectivity index (χ0v) is 8.38. The third-order valence-corrected chi connectivity index (χ3v) is 2.95. The molecule has 70 valence electrons. The largest absolute Gasteiger partial charge is 0.322 e. The quantitative estimate of drug-likeness (QED) is 0.776. The minimum atomic E-state index is 0.0195. The van der Waals surface area contributed by atoms with E-state index in [-0.39, 0.29) is 6.04 Å². The van der Waals surface area contributed by atoms with Crippen LogP contribution in [-0.2, 0) is 0 Å².